The predicted octanol–water partition coefficient (Wildman–Crippen LogP) is 2.97. The summed E-state index contributed by atoms with van der Waals surface area (Å²) in [7, 11) is 1.34. The Bertz CT molecular complexity index is 687. The molecule has 21 heavy (non-hydrogen) atoms. The van der Waals surface area contributed by atoms with Crippen LogP contribution < -0.4 is 0 Å². The van der Waals surface area contributed by atoms with E-state index in [0.29, 0.717) is 15.5 Å². The third-order valence-electron chi connectivity index (χ3n) is 2.98. The van der Waals surface area contributed by atoms with Crippen LogP contribution in [0.5, 0.6) is 0 Å². The molecule has 1 aliphatic rings. The first-order chi connectivity index (χ1) is 10.2. The summed E-state index contributed by atoms with van der Waals surface area (Å²) in [5.74, 6) is -0.000393. The number of methoxy groups -OCH3 is 1. The van der Waals surface area contributed by atoms with Crippen molar-refractivity contribution in [3.8, 4) is 0 Å². The number of aliphatic imine (C=N–C) groups is 1. The summed E-state index contributed by atoms with van der Waals surface area (Å²) >= 11 is 4.72. The van der Waals surface area contributed by atoms with Gasteiger partial charge in [-0.25, -0.2) is 14.8 Å². The molecule has 0 N–H and O–H groups in total. The van der Waals surface area contributed by atoms with E-state index in [9.17, 15) is 4.79 Å². The third kappa shape index (κ3) is 2.84. The zero-order valence-corrected chi connectivity index (χ0v) is 13.4. The maximum absolute atomic E-state index is 11.9. The lowest BCUT2D eigenvalue weighted by molar-refractivity contribution is -0.143. The number of carbonyl (C=O) groups is 1. The summed E-state index contributed by atoms with van der Waals surface area (Å²) in [6.45, 7) is 0. The van der Waals surface area contributed by atoms with Crippen molar-refractivity contribution in [3.05, 3.63) is 50.9 Å². The number of hydrogen-bond acceptors (Lipinski definition) is 6. The monoisotopic (exact) mass is 366 g/mol. The fraction of sp³-hybridized carbons (Fsp3) is 0.214. The Kier molecular flexibility index (Phi) is 4.03. The van der Waals surface area contributed by atoms with Gasteiger partial charge in [0.2, 0.25) is 5.90 Å². The average Bonchev–Trinajstić information content (AvgIpc) is 3.13. The lowest BCUT2D eigenvalue weighted by atomic mass is 10.2. The minimum Gasteiger partial charge on any atom is -0.467 e. The Labute approximate surface area is 133 Å². The molecule has 0 saturated carbocycles. The van der Waals surface area contributed by atoms with Gasteiger partial charge in [-0.15, -0.1) is 11.3 Å². The molecule has 0 amide bonds. The van der Waals surface area contributed by atoms with E-state index in [2.05, 4.69) is 25.9 Å². The number of ether oxygens (including phenoxy) is 2. The van der Waals surface area contributed by atoms with Gasteiger partial charge in [0.15, 0.2) is 12.1 Å². The molecule has 3 rings (SSSR count). The lowest BCUT2D eigenvalue weighted by Crippen LogP contribution is -2.25. The highest BCUT2D eigenvalue weighted by molar-refractivity contribution is 9.10. The normalized spacial score (nSPS) is 20.8. The van der Waals surface area contributed by atoms with Gasteiger partial charge in [0.05, 0.1) is 7.11 Å². The maximum atomic E-state index is 11.9. The molecule has 0 spiro atoms. The molecule has 0 radical (unpaired) electrons. The first-order valence-corrected chi connectivity index (χ1v) is 7.85. The molecule has 1 aliphatic heterocycles. The van der Waals surface area contributed by atoms with Crippen LogP contribution in [0.2, 0.25) is 0 Å². The fourth-order valence-electron chi connectivity index (χ4n) is 2.01. The zero-order valence-electron chi connectivity index (χ0n) is 11.0. The molecule has 5 nitrogen and oxygen atoms in total. The molecule has 0 bridgehead atoms. The van der Waals surface area contributed by atoms with Crippen molar-refractivity contribution in [2.75, 3.05) is 7.11 Å². The predicted molar refractivity (Wildman–Crippen MR) is 82.4 cm³/mol. The minimum absolute atomic E-state index is 0.433. The maximum Gasteiger partial charge on any atom is 0.335 e. The van der Waals surface area contributed by atoms with Crippen LogP contribution in [-0.2, 0) is 14.3 Å². The molecule has 1 aromatic heterocycles. The Hall–Kier alpha value is -1.73. The largest absolute Gasteiger partial charge is 0.467 e. The average molecular weight is 367 g/mol. The smallest absolute Gasteiger partial charge is 0.335 e. The molecule has 2 heterocycles. The second-order valence-corrected chi connectivity index (χ2v) is 6.02. The second kappa shape index (κ2) is 5.95. The quantitative estimate of drug-likeness (QED) is 0.783. The molecule has 0 saturated heterocycles. The van der Waals surface area contributed by atoms with E-state index in [0.717, 1.165) is 5.56 Å². The third-order valence-corrected chi connectivity index (χ3v) is 4.60. The van der Waals surface area contributed by atoms with Gasteiger partial charge in [-0.1, -0.05) is 18.2 Å². The van der Waals surface area contributed by atoms with E-state index in [4.69, 9.17) is 9.47 Å². The number of hydrogen-bond donors (Lipinski definition) is 0. The van der Waals surface area contributed by atoms with Crippen molar-refractivity contribution in [1.82, 2.24) is 4.98 Å². The van der Waals surface area contributed by atoms with Crippen LogP contribution >= 0.6 is 27.3 Å². The summed E-state index contributed by atoms with van der Waals surface area (Å²) in [6, 6.07) is 8.72. The highest BCUT2D eigenvalue weighted by Gasteiger charge is 2.40. The molecule has 0 aliphatic carbocycles. The van der Waals surface area contributed by atoms with E-state index in [1.165, 1.54) is 18.4 Å². The summed E-state index contributed by atoms with van der Waals surface area (Å²) < 4.78 is 11.4. The van der Waals surface area contributed by atoms with Crippen molar-refractivity contribution in [3.63, 3.8) is 0 Å². The van der Waals surface area contributed by atoms with E-state index >= 15 is 0 Å². The Morgan fingerprint density at radius 2 is 2.14 bits per heavy atom. The van der Waals surface area contributed by atoms with Crippen LogP contribution in [0.25, 0.3) is 0 Å². The van der Waals surface area contributed by atoms with Crippen LogP contribution in [-0.4, -0.2) is 30.0 Å². The Morgan fingerprint density at radius 3 is 2.76 bits per heavy atom. The van der Waals surface area contributed by atoms with Gasteiger partial charge in [-0.2, -0.15) is 0 Å². The highest BCUT2D eigenvalue weighted by atomic mass is 79.9. The van der Waals surface area contributed by atoms with Crippen molar-refractivity contribution >= 4 is 39.1 Å². The zero-order chi connectivity index (χ0) is 14.8. The summed E-state index contributed by atoms with van der Waals surface area (Å²) in [4.78, 5) is 20.6. The van der Waals surface area contributed by atoms with E-state index in [1.807, 2.05) is 35.7 Å². The molecule has 108 valence electrons. The molecule has 2 unspecified atom stereocenters. The standard InChI is InChI=1S/C14H11BrN2O3S/c1-19-14(18)10-11(13-16-9(15)7-21-13)20-12(17-10)8-5-3-2-4-6-8/h2-7,10-11H,1H3. The van der Waals surface area contributed by atoms with E-state index in [-0.39, 0.29) is 0 Å². The number of aromatic nitrogens is 1. The van der Waals surface area contributed by atoms with E-state index < -0.39 is 18.1 Å². The van der Waals surface area contributed by atoms with Crippen molar-refractivity contribution in [2.24, 2.45) is 4.99 Å². The molecule has 2 aromatic rings. The molecule has 7 heteroatoms. The number of benzene rings is 1. The molecule has 2 atom stereocenters. The van der Waals surface area contributed by atoms with Crippen LogP contribution in [0.15, 0.2) is 45.3 Å². The van der Waals surface area contributed by atoms with Crippen molar-refractivity contribution in [2.45, 2.75) is 12.1 Å². The summed E-state index contributed by atoms with van der Waals surface area (Å²) in [6.07, 6.45) is -0.552. The topological polar surface area (TPSA) is 60.8 Å². The molecule has 1 aromatic carbocycles. The highest BCUT2D eigenvalue weighted by Crippen LogP contribution is 2.34. The number of esters is 1. The number of halogens is 1. The molecule has 0 fully saturated rings. The Balaban J connectivity index is 1.94. The number of carbonyl (C=O) groups excluding carboxylic acids is 1. The van der Waals surface area contributed by atoms with Crippen LogP contribution in [0, 0.1) is 0 Å². The SMILES string of the molecule is COC(=O)C1N=C(c2ccccc2)OC1c1nc(Br)cs1. The van der Waals surface area contributed by atoms with Gasteiger partial charge in [-0.3, -0.25) is 0 Å². The number of nitrogens with zero attached hydrogens (tertiary/aromatic N) is 2. The first kappa shape index (κ1) is 14.2. The van der Waals surface area contributed by atoms with Crippen LogP contribution in [0.1, 0.15) is 16.7 Å². The van der Waals surface area contributed by atoms with Gasteiger partial charge < -0.3 is 9.47 Å². The fourth-order valence-corrected chi connectivity index (χ4v) is 3.33. The summed E-state index contributed by atoms with van der Waals surface area (Å²) in [5, 5.41) is 2.53. The van der Waals surface area contributed by atoms with Gasteiger partial charge in [-0.05, 0) is 28.1 Å². The van der Waals surface area contributed by atoms with Gasteiger partial charge >= 0.3 is 5.97 Å². The second-order valence-electron chi connectivity index (χ2n) is 4.32. The first-order valence-electron chi connectivity index (χ1n) is 6.17. The van der Waals surface area contributed by atoms with Crippen LogP contribution in [0.4, 0.5) is 0 Å². The van der Waals surface area contributed by atoms with Gasteiger partial charge in [0.1, 0.15) is 9.61 Å². The van der Waals surface area contributed by atoms with Crippen LogP contribution in [0.3, 0.4) is 0 Å². The van der Waals surface area contributed by atoms with Crippen molar-refractivity contribution in [1.29, 1.82) is 0 Å². The van der Waals surface area contributed by atoms with Gasteiger partial charge in [0.25, 0.3) is 0 Å². The number of thiazole rings is 1. The minimum atomic E-state index is -0.733. The number of rotatable bonds is 3. The van der Waals surface area contributed by atoms with Crippen molar-refractivity contribution < 1.29 is 14.3 Å². The molecular formula is C14H11BrN2O3S. The lowest BCUT2D eigenvalue weighted by Gasteiger charge is -2.13. The Morgan fingerprint density at radius 1 is 1.38 bits per heavy atom. The van der Waals surface area contributed by atoms with Gasteiger partial charge in [0, 0.05) is 10.9 Å². The van der Waals surface area contributed by atoms with E-state index in [1.54, 1.807) is 0 Å². The summed E-state index contributed by atoms with van der Waals surface area (Å²) in [5.41, 5.74) is 0.824. The molecular weight excluding hydrogens is 356 g/mol.